The second kappa shape index (κ2) is 4.94. The summed E-state index contributed by atoms with van der Waals surface area (Å²) in [5.74, 6) is -0.0818. The number of hydrogen-bond acceptors (Lipinski definition) is 3. The van der Waals surface area contributed by atoms with Gasteiger partial charge in [0.1, 0.15) is 17.8 Å². The van der Waals surface area contributed by atoms with Crippen LogP contribution < -0.4 is 0 Å². The molecule has 2 aromatic rings. The van der Waals surface area contributed by atoms with Crippen LogP contribution in [-0.4, -0.2) is 17.7 Å². The molecule has 2 aromatic carbocycles. The first-order valence-electron chi connectivity index (χ1n) is 6.43. The second-order valence-corrected chi connectivity index (χ2v) is 4.70. The first kappa shape index (κ1) is 12.6. The standard InChI is InChI=1S/C17H14O3/c18-12-15-11-17(16(19)20-15,13-7-3-1-4-8-13)14-9-5-2-6-10-14/h1-11,18H,12H2. The van der Waals surface area contributed by atoms with Crippen molar-refractivity contribution in [2.24, 2.45) is 0 Å². The number of cyclic esters (lactones) is 1. The summed E-state index contributed by atoms with van der Waals surface area (Å²) in [4.78, 5) is 12.5. The fourth-order valence-electron chi connectivity index (χ4n) is 2.58. The van der Waals surface area contributed by atoms with Crippen LogP contribution >= 0.6 is 0 Å². The number of esters is 1. The van der Waals surface area contributed by atoms with Gasteiger partial charge >= 0.3 is 5.97 Å². The lowest BCUT2D eigenvalue weighted by Gasteiger charge is -2.24. The lowest BCUT2D eigenvalue weighted by molar-refractivity contribution is -0.140. The van der Waals surface area contributed by atoms with Gasteiger partial charge in [0.25, 0.3) is 0 Å². The third-order valence-corrected chi connectivity index (χ3v) is 3.54. The van der Waals surface area contributed by atoms with Crippen molar-refractivity contribution in [3.63, 3.8) is 0 Å². The van der Waals surface area contributed by atoms with E-state index in [0.29, 0.717) is 5.76 Å². The Kier molecular flexibility index (Phi) is 3.12. The number of aliphatic hydroxyl groups is 1. The van der Waals surface area contributed by atoms with Gasteiger partial charge in [0, 0.05) is 0 Å². The maximum absolute atomic E-state index is 12.5. The van der Waals surface area contributed by atoms with Crippen LogP contribution in [0.3, 0.4) is 0 Å². The Morgan fingerprint density at radius 3 is 1.80 bits per heavy atom. The minimum absolute atomic E-state index is 0.285. The van der Waals surface area contributed by atoms with Crippen molar-refractivity contribution < 1.29 is 14.6 Å². The Morgan fingerprint density at radius 1 is 0.900 bits per heavy atom. The number of aliphatic hydroxyl groups excluding tert-OH is 1. The molecule has 3 heteroatoms. The third kappa shape index (κ3) is 1.84. The smallest absolute Gasteiger partial charge is 0.330 e. The molecule has 1 aliphatic rings. The van der Waals surface area contributed by atoms with Crippen LogP contribution in [0, 0.1) is 0 Å². The molecule has 0 saturated heterocycles. The van der Waals surface area contributed by atoms with Gasteiger partial charge in [0.2, 0.25) is 0 Å². The molecule has 1 heterocycles. The van der Waals surface area contributed by atoms with Crippen LogP contribution in [0.2, 0.25) is 0 Å². The monoisotopic (exact) mass is 266 g/mol. The largest absolute Gasteiger partial charge is 0.428 e. The molecule has 1 aliphatic heterocycles. The molecule has 0 spiro atoms. The number of carbonyl (C=O) groups is 1. The van der Waals surface area contributed by atoms with E-state index in [1.165, 1.54) is 0 Å². The maximum Gasteiger partial charge on any atom is 0.330 e. The maximum atomic E-state index is 12.5. The van der Waals surface area contributed by atoms with Crippen molar-refractivity contribution in [1.82, 2.24) is 0 Å². The van der Waals surface area contributed by atoms with Gasteiger partial charge in [-0.05, 0) is 17.2 Å². The Morgan fingerprint density at radius 2 is 1.40 bits per heavy atom. The highest BCUT2D eigenvalue weighted by atomic mass is 16.6. The molecular weight excluding hydrogens is 252 g/mol. The number of carbonyl (C=O) groups excluding carboxylic acids is 1. The lowest BCUT2D eigenvalue weighted by atomic mass is 9.75. The van der Waals surface area contributed by atoms with Crippen molar-refractivity contribution >= 4 is 5.97 Å². The molecule has 3 nitrogen and oxygen atoms in total. The van der Waals surface area contributed by atoms with Crippen molar-refractivity contribution in [3.05, 3.63) is 83.6 Å². The molecule has 1 N–H and O–H groups in total. The first-order chi connectivity index (χ1) is 9.77. The van der Waals surface area contributed by atoms with Gasteiger partial charge in [-0.3, -0.25) is 0 Å². The zero-order chi connectivity index (χ0) is 14.0. The number of rotatable bonds is 3. The molecule has 0 amide bonds. The normalized spacial score (nSPS) is 16.6. The molecule has 100 valence electrons. The molecule has 20 heavy (non-hydrogen) atoms. The average Bonchev–Trinajstić information content (AvgIpc) is 2.87. The lowest BCUT2D eigenvalue weighted by Crippen LogP contribution is -2.32. The quantitative estimate of drug-likeness (QED) is 0.868. The molecule has 3 rings (SSSR count). The molecule has 0 fully saturated rings. The van der Waals surface area contributed by atoms with Gasteiger partial charge < -0.3 is 9.84 Å². The highest BCUT2D eigenvalue weighted by Gasteiger charge is 2.46. The summed E-state index contributed by atoms with van der Waals surface area (Å²) < 4.78 is 5.21. The van der Waals surface area contributed by atoms with Gasteiger partial charge in [-0.15, -0.1) is 0 Å². The van der Waals surface area contributed by atoms with Crippen LogP contribution in [0.5, 0.6) is 0 Å². The van der Waals surface area contributed by atoms with Gasteiger partial charge in [0.05, 0.1) is 0 Å². The Balaban J connectivity index is 2.25. The fourth-order valence-corrected chi connectivity index (χ4v) is 2.58. The van der Waals surface area contributed by atoms with Gasteiger partial charge in [0.15, 0.2) is 0 Å². The van der Waals surface area contributed by atoms with E-state index in [-0.39, 0.29) is 12.6 Å². The van der Waals surface area contributed by atoms with Crippen LogP contribution in [0.4, 0.5) is 0 Å². The SMILES string of the molecule is O=C1OC(CO)=CC1(c1ccccc1)c1ccccc1. The van der Waals surface area contributed by atoms with E-state index in [1.54, 1.807) is 6.08 Å². The van der Waals surface area contributed by atoms with E-state index in [9.17, 15) is 9.90 Å². The number of ether oxygens (including phenoxy) is 1. The van der Waals surface area contributed by atoms with E-state index >= 15 is 0 Å². The van der Waals surface area contributed by atoms with E-state index in [4.69, 9.17) is 4.74 Å². The van der Waals surface area contributed by atoms with Crippen molar-refractivity contribution in [1.29, 1.82) is 0 Å². The highest BCUT2D eigenvalue weighted by Crippen LogP contribution is 2.40. The summed E-state index contributed by atoms with van der Waals surface area (Å²) in [6.45, 7) is -0.285. The molecular formula is C17H14O3. The third-order valence-electron chi connectivity index (χ3n) is 3.54. The molecule has 0 aromatic heterocycles. The Hall–Kier alpha value is -2.39. The van der Waals surface area contributed by atoms with E-state index in [2.05, 4.69) is 0 Å². The zero-order valence-corrected chi connectivity index (χ0v) is 10.8. The minimum Gasteiger partial charge on any atom is -0.428 e. The minimum atomic E-state index is -0.972. The predicted octanol–water partition coefficient (Wildman–Crippen LogP) is 2.41. The predicted molar refractivity (Wildman–Crippen MR) is 74.9 cm³/mol. The van der Waals surface area contributed by atoms with Crippen molar-refractivity contribution in [2.75, 3.05) is 6.61 Å². The summed E-state index contributed by atoms with van der Waals surface area (Å²) >= 11 is 0. The molecule has 0 saturated carbocycles. The first-order valence-corrected chi connectivity index (χ1v) is 6.43. The summed E-state index contributed by atoms with van der Waals surface area (Å²) in [5, 5.41) is 9.26. The van der Waals surface area contributed by atoms with Crippen LogP contribution in [0.25, 0.3) is 0 Å². The summed E-state index contributed by atoms with van der Waals surface area (Å²) in [7, 11) is 0. The number of hydrogen-bond donors (Lipinski definition) is 1. The summed E-state index contributed by atoms with van der Waals surface area (Å²) in [5.41, 5.74) is 0.694. The summed E-state index contributed by atoms with van der Waals surface area (Å²) in [6.07, 6.45) is 1.71. The summed E-state index contributed by atoms with van der Waals surface area (Å²) in [6, 6.07) is 18.9. The molecule has 0 bridgehead atoms. The molecule has 0 aliphatic carbocycles. The van der Waals surface area contributed by atoms with Crippen molar-refractivity contribution in [3.8, 4) is 0 Å². The number of benzene rings is 2. The van der Waals surface area contributed by atoms with Gasteiger partial charge in [-0.2, -0.15) is 0 Å². The molecule has 0 atom stereocenters. The zero-order valence-electron chi connectivity index (χ0n) is 10.8. The van der Waals surface area contributed by atoms with Crippen LogP contribution in [0.15, 0.2) is 72.5 Å². The molecule has 0 radical (unpaired) electrons. The van der Waals surface area contributed by atoms with E-state index in [0.717, 1.165) is 11.1 Å². The highest BCUT2D eigenvalue weighted by molar-refractivity contribution is 5.93. The van der Waals surface area contributed by atoms with Gasteiger partial charge in [-0.1, -0.05) is 60.7 Å². The van der Waals surface area contributed by atoms with Crippen molar-refractivity contribution in [2.45, 2.75) is 5.41 Å². The van der Waals surface area contributed by atoms with Crippen LogP contribution in [0.1, 0.15) is 11.1 Å². The van der Waals surface area contributed by atoms with E-state index in [1.807, 2.05) is 60.7 Å². The van der Waals surface area contributed by atoms with E-state index < -0.39 is 5.41 Å². The average molecular weight is 266 g/mol. The second-order valence-electron chi connectivity index (χ2n) is 4.70. The van der Waals surface area contributed by atoms with Gasteiger partial charge in [-0.25, -0.2) is 4.79 Å². The Labute approximate surface area is 117 Å². The topological polar surface area (TPSA) is 46.5 Å². The molecule has 0 unspecified atom stereocenters. The van der Waals surface area contributed by atoms with Crippen LogP contribution in [-0.2, 0) is 14.9 Å². The fraction of sp³-hybridized carbons (Fsp3) is 0.118. The Bertz CT molecular complexity index is 605.